The number of aryl methyl sites for hydroxylation is 1. The first-order chi connectivity index (χ1) is 9.52. The lowest BCUT2D eigenvalue weighted by atomic mass is 10.1. The minimum Gasteiger partial charge on any atom is -0.322 e. The number of thioether (sulfide) groups is 1. The Labute approximate surface area is 118 Å². The average molecular weight is 288 g/mol. The molecule has 2 N–H and O–H groups in total. The van der Waals surface area contributed by atoms with E-state index in [9.17, 15) is 14.4 Å². The number of aromatic nitrogens is 1. The van der Waals surface area contributed by atoms with Crippen molar-refractivity contribution in [3.05, 3.63) is 45.7 Å². The maximum Gasteiger partial charge on any atom is 0.286 e. The number of hydrogen-bond donors (Lipinski definition) is 2. The summed E-state index contributed by atoms with van der Waals surface area (Å²) in [5.41, 5.74) is 2.17. The maximum atomic E-state index is 12.0. The lowest BCUT2D eigenvalue weighted by Gasteiger charge is -2.06. The molecule has 1 unspecified atom stereocenters. The largest absolute Gasteiger partial charge is 0.322 e. The number of amides is 2. The zero-order valence-electron chi connectivity index (χ0n) is 10.7. The van der Waals surface area contributed by atoms with E-state index in [1.165, 1.54) is 0 Å². The van der Waals surface area contributed by atoms with Gasteiger partial charge in [0.1, 0.15) is 0 Å². The lowest BCUT2D eigenvalue weighted by Crippen LogP contribution is -2.27. The highest BCUT2D eigenvalue weighted by Crippen LogP contribution is 2.23. The average Bonchev–Trinajstić information content (AvgIpc) is 2.69. The van der Waals surface area contributed by atoms with Crippen molar-refractivity contribution in [3.8, 4) is 0 Å². The molecular formula is C14H12N2O3S. The Kier molecular flexibility index (Phi) is 3.10. The minimum atomic E-state index is -0.522. The van der Waals surface area contributed by atoms with Gasteiger partial charge in [0.05, 0.1) is 5.25 Å². The van der Waals surface area contributed by atoms with Crippen LogP contribution in [-0.2, 0) is 11.2 Å². The summed E-state index contributed by atoms with van der Waals surface area (Å²) in [5, 5.41) is 2.28. The summed E-state index contributed by atoms with van der Waals surface area (Å²) in [5.74, 6) is -0.330. The van der Waals surface area contributed by atoms with Crippen LogP contribution >= 0.6 is 11.8 Å². The first-order valence-corrected chi connectivity index (χ1v) is 7.05. The molecule has 2 aromatic rings. The van der Waals surface area contributed by atoms with Crippen LogP contribution in [0.4, 0.5) is 4.79 Å². The van der Waals surface area contributed by atoms with E-state index in [1.54, 1.807) is 6.07 Å². The molecule has 0 spiro atoms. The Morgan fingerprint density at radius 3 is 2.70 bits per heavy atom. The van der Waals surface area contributed by atoms with Gasteiger partial charge < -0.3 is 4.98 Å². The molecule has 1 aromatic heterocycles. The molecule has 0 aliphatic carbocycles. The highest BCUT2D eigenvalue weighted by molar-refractivity contribution is 8.15. The van der Waals surface area contributed by atoms with Gasteiger partial charge in [0, 0.05) is 11.1 Å². The third-order valence-electron chi connectivity index (χ3n) is 3.25. The van der Waals surface area contributed by atoms with Crippen LogP contribution in [0.15, 0.2) is 29.1 Å². The van der Waals surface area contributed by atoms with Gasteiger partial charge >= 0.3 is 0 Å². The molecule has 20 heavy (non-hydrogen) atoms. The molecule has 1 atom stereocenters. The van der Waals surface area contributed by atoms with Crippen molar-refractivity contribution in [1.82, 2.24) is 10.3 Å². The van der Waals surface area contributed by atoms with Gasteiger partial charge in [0.25, 0.3) is 10.8 Å². The molecule has 2 heterocycles. The third kappa shape index (κ3) is 2.34. The molecule has 0 bridgehead atoms. The van der Waals surface area contributed by atoms with E-state index in [0.717, 1.165) is 28.2 Å². The number of H-pyrrole nitrogens is 1. The van der Waals surface area contributed by atoms with Crippen LogP contribution in [-0.4, -0.2) is 21.4 Å². The van der Waals surface area contributed by atoms with E-state index >= 15 is 0 Å². The molecule has 0 radical (unpaired) electrons. The predicted molar refractivity (Wildman–Crippen MR) is 77.9 cm³/mol. The van der Waals surface area contributed by atoms with Gasteiger partial charge in [-0.1, -0.05) is 23.4 Å². The number of pyridine rings is 1. The summed E-state index contributed by atoms with van der Waals surface area (Å²) < 4.78 is 0. The van der Waals surface area contributed by atoms with Gasteiger partial charge in [-0.05, 0) is 36.9 Å². The van der Waals surface area contributed by atoms with Crippen LogP contribution in [0.2, 0.25) is 0 Å². The molecule has 1 saturated heterocycles. The highest BCUT2D eigenvalue weighted by atomic mass is 32.2. The van der Waals surface area contributed by atoms with Crippen LogP contribution in [0, 0.1) is 6.92 Å². The quantitative estimate of drug-likeness (QED) is 0.882. The van der Waals surface area contributed by atoms with Crippen LogP contribution < -0.4 is 10.9 Å². The number of carbonyl (C=O) groups excluding carboxylic acids is 2. The molecule has 102 valence electrons. The normalized spacial score (nSPS) is 18.6. The van der Waals surface area contributed by atoms with Crippen LogP contribution in [0.1, 0.15) is 11.1 Å². The van der Waals surface area contributed by atoms with Crippen molar-refractivity contribution in [2.24, 2.45) is 0 Å². The number of carbonyl (C=O) groups is 2. The topological polar surface area (TPSA) is 79.0 Å². The van der Waals surface area contributed by atoms with Gasteiger partial charge in [0.2, 0.25) is 5.91 Å². The highest BCUT2D eigenvalue weighted by Gasteiger charge is 2.32. The zero-order valence-corrected chi connectivity index (χ0v) is 11.5. The van der Waals surface area contributed by atoms with E-state index in [4.69, 9.17) is 0 Å². The molecule has 3 rings (SSSR count). The van der Waals surface area contributed by atoms with E-state index in [0.29, 0.717) is 5.56 Å². The summed E-state index contributed by atoms with van der Waals surface area (Å²) >= 11 is 0.933. The van der Waals surface area contributed by atoms with Crippen molar-refractivity contribution in [2.75, 3.05) is 0 Å². The molecule has 2 amide bonds. The second-order valence-electron chi connectivity index (χ2n) is 4.80. The molecule has 1 aliphatic heterocycles. The van der Waals surface area contributed by atoms with Crippen molar-refractivity contribution < 1.29 is 9.59 Å². The van der Waals surface area contributed by atoms with E-state index < -0.39 is 5.25 Å². The standard InChI is InChI=1S/C14H12N2O3S/c1-7-2-3-10-8(4-7)5-9(12(17)15-10)6-11-13(18)16-14(19)20-11/h2-5,11H,6H2,1H3,(H,15,17)(H,16,18,19). The summed E-state index contributed by atoms with van der Waals surface area (Å²) in [6.07, 6.45) is 0.251. The van der Waals surface area contributed by atoms with Gasteiger partial charge in [-0.15, -0.1) is 0 Å². The second kappa shape index (κ2) is 4.79. The first-order valence-electron chi connectivity index (χ1n) is 6.17. The van der Waals surface area contributed by atoms with Crippen LogP contribution in [0.5, 0.6) is 0 Å². The number of fused-ring (bicyclic) bond motifs is 1. The minimum absolute atomic E-state index is 0.214. The number of rotatable bonds is 2. The predicted octanol–water partition coefficient (Wildman–Crippen LogP) is 1.73. The Bertz CT molecular complexity index is 782. The van der Waals surface area contributed by atoms with E-state index in [2.05, 4.69) is 10.3 Å². The van der Waals surface area contributed by atoms with Gasteiger partial charge in [0.15, 0.2) is 0 Å². The Morgan fingerprint density at radius 2 is 2.00 bits per heavy atom. The lowest BCUT2D eigenvalue weighted by molar-refractivity contribution is -0.118. The number of hydrogen-bond acceptors (Lipinski definition) is 4. The van der Waals surface area contributed by atoms with Crippen LogP contribution in [0.25, 0.3) is 10.9 Å². The van der Waals surface area contributed by atoms with Crippen molar-refractivity contribution in [2.45, 2.75) is 18.6 Å². The van der Waals surface area contributed by atoms with Crippen molar-refractivity contribution >= 4 is 33.8 Å². The van der Waals surface area contributed by atoms with Crippen molar-refractivity contribution in [1.29, 1.82) is 0 Å². The molecule has 5 nitrogen and oxygen atoms in total. The summed E-state index contributed by atoms with van der Waals surface area (Å²) in [6.45, 7) is 1.98. The molecule has 0 saturated carbocycles. The molecule has 1 aromatic carbocycles. The zero-order chi connectivity index (χ0) is 14.3. The van der Waals surface area contributed by atoms with Gasteiger partial charge in [-0.25, -0.2) is 0 Å². The van der Waals surface area contributed by atoms with E-state index in [1.807, 2.05) is 25.1 Å². The number of benzene rings is 1. The van der Waals surface area contributed by atoms with Gasteiger partial charge in [-0.3, -0.25) is 19.7 Å². The summed E-state index contributed by atoms with van der Waals surface area (Å²) in [4.78, 5) is 37.5. The molecule has 1 fully saturated rings. The molecule has 6 heteroatoms. The summed E-state index contributed by atoms with van der Waals surface area (Å²) in [6, 6.07) is 7.55. The van der Waals surface area contributed by atoms with E-state index in [-0.39, 0.29) is 23.1 Å². The van der Waals surface area contributed by atoms with Gasteiger partial charge in [-0.2, -0.15) is 0 Å². The Morgan fingerprint density at radius 1 is 1.20 bits per heavy atom. The summed E-state index contributed by atoms with van der Waals surface area (Å²) in [7, 11) is 0. The molecule has 1 aliphatic rings. The fourth-order valence-corrected chi connectivity index (χ4v) is 3.10. The second-order valence-corrected chi connectivity index (χ2v) is 5.98. The number of aromatic amines is 1. The molecular weight excluding hydrogens is 276 g/mol. The fraction of sp³-hybridized carbons (Fsp3) is 0.214. The fourth-order valence-electron chi connectivity index (χ4n) is 2.25. The SMILES string of the molecule is Cc1ccc2[nH]c(=O)c(CC3SC(=O)NC3=O)cc2c1. The van der Waals surface area contributed by atoms with Crippen LogP contribution in [0.3, 0.4) is 0 Å². The number of imide groups is 1. The maximum absolute atomic E-state index is 12.0. The first kappa shape index (κ1) is 12.9. The Hall–Kier alpha value is -2.08. The Balaban J connectivity index is 1.99. The third-order valence-corrected chi connectivity index (χ3v) is 4.23. The van der Waals surface area contributed by atoms with Crippen molar-refractivity contribution in [3.63, 3.8) is 0 Å². The smallest absolute Gasteiger partial charge is 0.286 e. The number of nitrogens with one attached hydrogen (secondary N) is 2. The monoisotopic (exact) mass is 288 g/mol.